The third-order valence-corrected chi connectivity index (χ3v) is 9.73. The van der Waals surface area contributed by atoms with Gasteiger partial charge in [-0.3, -0.25) is 0 Å². The molecule has 193 valence electrons. The summed E-state index contributed by atoms with van der Waals surface area (Å²) in [4.78, 5) is 0. The van der Waals surface area contributed by atoms with Gasteiger partial charge < -0.3 is 4.74 Å². The van der Waals surface area contributed by atoms with Gasteiger partial charge in [-0.15, -0.1) is 0 Å². The summed E-state index contributed by atoms with van der Waals surface area (Å²) in [5.41, 5.74) is 0. The second-order valence-electron chi connectivity index (χ2n) is 12.3. The number of ether oxygens (including phenoxy) is 1. The monoisotopic (exact) mass is 475 g/mol. The predicted molar refractivity (Wildman–Crippen MR) is 156 cm³/mol. The second-order valence-corrected chi connectivity index (χ2v) is 12.3. The zero-order valence-electron chi connectivity index (χ0n) is 22.8. The molecule has 0 spiro atoms. The summed E-state index contributed by atoms with van der Waals surface area (Å²) in [7, 11) is 2.62. The average Bonchev–Trinajstić information content (AvgIpc) is 3.51. The van der Waals surface area contributed by atoms with Gasteiger partial charge in [0.25, 0.3) is 0 Å². The van der Waals surface area contributed by atoms with E-state index in [-0.39, 0.29) is 0 Å². The Labute approximate surface area is 219 Å². The molecule has 1 atom stereocenters. The molecule has 0 N–H and O–H groups in total. The zero-order chi connectivity index (χ0) is 24.0. The van der Waals surface area contributed by atoms with Crippen LogP contribution in [-0.2, 0) is 4.74 Å². The van der Waals surface area contributed by atoms with E-state index in [0.717, 1.165) is 49.0 Å². The smallest absolute Gasteiger partial charge is 0.153 e. The SMILES string of the molecule is C1=CC(B2C3CCCC2CCC3)CCC1.C1=CCCC=C1.C1CCOC1.[B]1C2CCCC1CCC2. The Morgan fingerprint density at radius 3 is 1.46 bits per heavy atom. The maximum atomic E-state index is 4.94. The molecular formula is C32H53B2O. The second kappa shape index (κ2) is 16.2. The molecule has 0 amide bonds. The molecule has 2 aliphatic carbocycles. The fourth-order valence-electron chi connectivity index (χ4n) is 7.98. The summed E-state index contributed by atoms with van der Waals surface area (Å²) >= 11 is 0. The maximum Gasteiger partial charge on any atom is 0.153 e. The highest BCUT2D eigenvalue weighted by Gasteiger charge is 2.42. The maximum absolute atomic E-state index is 4.94. The minimum Gasteiger partial charge on any atom is -0.381 e. The van der Waals surface area contributed by atoms with Crippen LogP contribution < -0.4 is 0 Å². The van der Waals surface area contributed by atoms with Crippen LogP contribution >= 0.6 is 0 Å². The van der Waals surface area contributed by atoms with Gasteiger partial charge in [0, 0.05) is 13.2 Å². The van der Waals surface area contributed by atoms with Crippen molar-refractivity contribution in [1.82, 2.24) is 0 Å². The Kier molecular flexibility index (Phi) is 12.7. The normalized spacial score (nSPS) is 34.7. The first kappa shape index (κ1) is 27.3. The third kappa shape index (κ3) is 9.60. The van der Waals surface area contributed by atoms with Crippen LogP contribution in [0.4, 0.5) is 0 Å². The Morgan fingerprint density at radius 2 is 1.09 bits per heavy atom. The summed E-state index contributed by atoms with van der Waals surface area (Å²) in [6, 6.07) is 0. The lowest BCUT2D eigenvalue weighted by Crippen LogP contribution is -2.38. The molecule has 35 heavy (non-hydrogen) atoms. The highest BCUT2D eigenvalue weighted by atomic mass is 16.5. The average molecular weight is 475 g/mol. The van der Waals surface area contributed by atoms with Crippen molar-refractivity contribution < 1.29 is 4.74 Å². The molecule has 5 fully saturated rings. The first-order valence-electron chi connectivity index (χ1n) is 15.8. The molecule has 4 bridgehead atoms. The lowest BCUT2D eigenvalue weighted by Gasteiger charge is -2.44. The fraction of sp³-hybridized carbons (Fsp3) is 0.812. The van der Waals surface area contributed by atoms with Crippen LogP contribution in [0.1, 0.15) is 122 Å². The number of rotatable bonds is 1. The van der Waals surface area contributed by atoms with Crippen LogP contribution in [0.2, 0.25) is 29.1 Å². The molecule has 1 unspecified atom stereocenters. The minimum absolute atomic E-state index is 0.967. The highest BCUT2D eigenvalue weighted by molar-refractivity contribution is 6.64. The van der Waals surface area contributed by atoms with E-state index >= 15 is 0 Å². The number of hydrogen-bond donors (Lipinski definition) is 0. The molecule has 0 aromatic heterocycles. The van der Waals surface area contributed by atoms with Crippen molar-refractivity contribution in [3.05, 3.63) is 36.5 Å². The molecule has 1 nitrogen and oxygen atoms in total. The van der Waals surface area contributed by atoms with Crippen LogP contribution in [-0.4, -0.2) is 27.2 Å². The minimum atomic E-state index is 0.967. The van der Waals surface area contributed by atoms with E-state index in [2.05, 4.69) is 43.7 Å². The van der Waals surface area contributed by atoms with E-state index in [1.54, 1.807) is 25.7 Å². The topological polar surface area (TPSA) is 9.23 Å². The van der Waals surface area contributed by atoms with Gasteiger partial charge in [0.05, 0.1) is 0 Å². The first-order chi connectivity index (χ1) is 17.4. The molecule has 5 saturated heterocycles. The van der Waals surface area contributed by atoms with E-state index in [0.29, 0.717) is 0 Å². The van der Waals surface area contributed by atoms with Gasteiger partial charge in [0.1, 0.15) is 7.28 Å². The van der Waals surface area contributed by atoms with Crippen LogP contribution in [0, 0.1) is 0 Å². The van der Waals surface area contributed by atoms with Crippen LogP contribution in [0.25, 0.3) is 0 Å². The van der Waals surface area contributed by atoms with Crippen molar-refractivity contribution >= 4 is 14.0 Å². The lowest BCUT2D eigenvalue weighted by molar-refractivity contribution is 0.198. The van der Waals surface area contributed by atoms with Gasteiger partial charge in [-0.2, -0.15) is 0 Å². The van der Waals surface area contributed by atoms with Crippen LogP contribution in [0.3, 0.4) is 0 Å². The highest BCUT2D eigenvalue weighted by Crippen LogP contribution is 2.52. The molecule has 7 rings (SSSR count). The standard InChI is InChI=1S/C14H23B.C8H14B.C6H8.C4H8O/c1-2-6-12(7-3-1)15-13-8-4-9-14(15)11-5-10-13;1-3-7-5-2-6-8(4-1)9-7;1-2-4-6-5-3-1;1-2-4-5-3-1/h2,6,12-14H,1,3-5,7-11H2;7-8H,1-6H2;1-4H,5-6H2;1-4H2. The predicted octanol–water partition coefficient (Wildman–Crippen LogP) is 10.0. The van der Waals surface area contributed by atoms with E-state index in [1.807, 2.05) is 0 Å². The summed E-state index contributed by atoms with van der Waals surface area (Å²) in [6.45, 7) is 3.09. The van der Waals surface area contributed by atoms with Gasteiger partial charge in [-0.25, -0.2) is 0 Å². The van der Waals surface area contributed by atoms with Crippen LogP contribution in [0.15, 0.2) is 36.5 Å². The number of hydrogen-bond acceptors (Lipinski definition) is 1. The van der Waals surface area contributed by atoms with Crippen LogP contribution in [0.5, 0.6) is 0 Å². The Morgan fingerprint density at radius 1 is 0.543 bits per heavy atom. The van der Waals surface area contributed by atoms with E-state index < -0.39 is 0 Å². The molecule has 0 aromatic rings. The Balaban J connectivity index is 0.000000122. The number of allylic oxidation sites excluding steroid dienone is 6. The molecule has 7 aliphatic rings. The van der Waals surface area contributed by atoms with E-state index in [9.17, 15) is 0 Å². The molecule has 5 heterocycles. The fourth-order valence-corrected chi connectivity index (χ4v) is 7.98. The van der Waals surface area contributed by atoms with E-state index in [4.69, 9.17) is 4.74 Å². The lowest BCUT2D eigenvalue weighted by atomic mass is 9.22. The summed E-state index contributed by atoms with van der Waals surface area (Å²) < 4.78 is 4.94. The Hall–Kier alpha value is -0.690. The molecule has 3 heteroatoms. The summed E-state index contributed by atoms with van der Waals surface area (Å²) in [5.74, 6) is 5.22. The van der Waals surface area contributed by atoms with Gasteiger partial charge in [-0.05, 0) is 44.3 Å². The van der Waals surface area contributed by atoms with Crippen molar-refractivity contribution in [2.75, 3.05) is 13.2 Å². The van der Waals surface area contributed by atoms with Gasteiger partial charge in [0.15, 0.2) is 6.71 Å². The molecular weight excluding hydrogens is 422 g/mol. The molecule has 0 aromatic carbocycles. The Bertz CT molecular complexity index is 590. The van der Waals surface area contributed by atoms with Gasteiger partial charge in [-0.1, -0.05) is 143 Å². The molecule has 1 radical (unpaired) electrons. The quantitative estimate of drug-likeness (QED) is 0.271. The summed E-state index contributed by atoms with van der Waals surface area (Å²) in [6.07, 6.45) is 41.1. The first-order valence-corrected chi connectivity index (χ1v) is 15.8. The summed E-state index contributed by atoms with van der Waals surface area (Å²) in [5, 5.41) is 0. The van der Waals surface area contributed by atoms with Crippen molar-refractivity contribution in [3.8, 4) is 0 Å². The number of fused-ring (bicyclic) bond motifs is 4. The van der Waals surface area contributed by atoms with Gasteiger partial charge >= 0.3 is 0 Å². The van der Waals surface area contributed by atoms with Crippen molar-refractivity contribution in [2.24, 2.45) is 0 Å². The molecule has 0 saturated carbocycles. The van der Waals surface area contributed by atoms with E-state index in [1.165, 1.54) is 96.3 Å². The van der Waals surface area contributed by atoms with Gasteiger partial charge in [0.2, 0.25) is 0 Å². The largest absolute Gasteiger partial charge is 0.381 e. The van der Waals surface area contributed by atoms with Crippen molar-refractivity contribution in [3.63, 3.8) is 0 Å². The third-order valence-electron chi connectivity index (χ3n) is 9.73. The molecule has 5 aliphatic heterocycles. The van der Waals surface area contributed by atoms with Crippen molar-refractivity contribution in [1.29, 1.82) is 0 Å². The van der Waals surface area contributed by atoms with Crippen molar-refractivity contribution in [2.45, 2.75) is 151 Å². The zero-order valence-corrected chi connectivity index (χ0v) is 22.8.